The lowest BCUT2D eigenvalue weighted by atomic mass is 9.99. The lowest BCUT2D eigenvalue weighted by molar-refractivity contribution is -0.186. The van der Waals surface area contributed by atoms with Crippen molar-refractivity contribution in [3.63, 3.8) is 0 Å². The van der Waals surface area contributed by atoms with Crippen LogP contribution in [-0.2, 0) is 25.5 Å². The highest BCUT2D eigenvalue weighted by molar-refractivity contribution is 5.74. The van der Waals surface area contributed by atoms with Gasteiger partial charge < -0.3 is 14.6 Å². The van der Waals surface area contributed by atoms with Crippen molar-refractivity contribution in [2.24, 2.45) is 5.92 Å². The molecule has 1 aromatic rings. The van der Waals surface area contributed by atoms with Crippen molar-refractivity contribution in [2.45, 2.75) is 33.0 Å². The van der Waals surface area contributed by atoms with Crippen LogP contribution in [0.3, 0.4) is 0 Å². The fourth-order valence-electron chi connectivity index (χ4n) is 1.72. The number of esters is 2. The lowest BCUT2D eigenvalue weighted by Gasteiger charge is -2.21. The quantitative estimate of drug-likeness (QED) is 0.607. The zero-order valence-electron chi connectivity index (χ0n) is 11.7. The van der Waals surface area contributed by atoms with Gasteiger partial charge in [-0.25, -0.2) is 0 Å². The van der Waals surface area contributed by atoms with E-state index < -0.39 is 24.1 Å². The molecule has 0 radical (unpaired) electrons. The van der Waals surface area contributed by atoms with Gasteiger partial charge in [-0.2, -0.15) is 0 Å². The van der Waals surface area contributed by atoms with Gasteiger partial charge in [0.25, 0.3) is 0 Å². The third kappa shape index (κ3) is 5.01. The molecule has 2 unspecified atom stereocenters. The maximum absolute atomic E-state index is 11.9. The highest BCUT2D eigenvalue weighted by Crippen LogP contribution is 2.16. The Labute approximate surface area is 118 Å². The van der Waals surface area contributed by atoms with Crippen LogP contribution in [0.2, 0.25) is 0 Å². The molecule has 1 rings (SSSR count). The molecule has 2 atom stereocenters. The molecule has 1 aromatic carbocycles. The maximum Gasteiger partial charge on any atom is 0.315 e. The van der Waals surface area contributed by atoms with Crippen LogP contribution in [0.25, 0.3) is 0 Å². The first kappa shape index (κ1) is 16.2. The van der Waals surface area contributed by atoms with Crippen molar-refractivity contribution in [1.29, 1.82) is 0 Å². The summed E-state index contributed by atoms with van der Waals surface area (Å²) < 4.78 is 9.74. The van der Waals surface area contributed by atoms with Crippen molar-refractivity contribution in [3.8, 4) is 0 Å². The Bertz CT molecular complexity index is 429. The van der Waals surface area contributed by atoms with E-state index in [-0.39, 0.29) is 19.4 Å². The van der Waals surface area contributed by atoms with Crippen LogP contribution < -0.4 is 0 Å². The van der Waals surface area contributed by atoms with E-state index in [0.29, 0.717) is 0 Å². The molecule has 0 spiro atoms. The Morgan fingerprint density at radius 2 is 1.85 bits per heavy atom. The zero-order chi connectivity index (χ0) is 15.0. The van der Waals surface area contributed by atoms with Crippen LogP contribution in [0.15, 0.2) is 30.3 Å². The first-order chi connectivity index (χ1) is 9.58. The van der Waals surface area contributed by atoms with Crippen LogP contribution in [0.4, 0.5) is 0 Å². The summed E-state index contributed by atoms with van der Waals surface area (Å²) in [4.78, 5) is 23.1. The number of rotatable bonds is 7. The molecule has 0 aromatic heterocycles. The second-order valence-electron chi connectivity index (χ2n) is 4.28. The summed E-state index contributed by atoms with van der Waals surface area (Å²) in [7, 11) is 0. The zero-order valence-corrected chi connectivity index (χ0v) is 11.7. The minimum Gasteiger partial charge on any atom is -0.466 e. The van der Waals surface area contributed by atoms with E-state index in [0.717, 1.165) is 5.56 Å². The van der Waals surface area contributed by atoms with E-state index in [9.17, 15) is 14.7 Å². The number of aliphatic hydroxyl groups is 1. The molecule has 0 saturated heterocycles. The summed E-state index contributed by atoms with van der Waals surface area (Å²) in [5.74, 6) is -2.06. The highest BCUT2D eigenvalue weighted by atomic mass is 16.6. The van der Waals surface area contributed by atoms with Gasteiger partial charge in [0.15, 0.2) is 0 Å². The standard InChI is InChI=1S/C15H20O5/c1-3-13(16)20-15(18)12(14(17)19-4-2)10-11-8-6-5-7-9-11/h5-9,12,15,18H,3-4,10H2,1-2H3. The average Bonchev–Trinajstić information content (AvgIpc) is 2.45. The van der Waals surface area contributed by atoms with Crippen LogP contribution in [0.5, 0.6) is 0 Å². The van der Waals surface area contributed by atoms with Gasteiger partial charge in [0.05, 0.1) is 6.61 Å². The smallest absolute Gasteiger partial charge is 0.315 e. The van der Waals surface area contributed by atoms with E-state index in [2.05, 4.69) is 0 Å². The molecule has 5 nitrogen and oxygen atoms in total. The number of hydrogen-bond acceptors (Lipinski definition) is 5. The Balaban J connectivity index is 2.79. The Kier molecular flexibility index (Phi) is 6.73. The van der Waals surface area contributed by atoms with Gasteiger partial charge in [-0.3, -0.25) is 9.59 Å². The van der Waals surface area contributed by atoms with Crippen LogP contribution in [0, 0.1) is 5.92 Å². The molecule has 0 saturated carbocycles. The van der Waals surface area contributed by atoms with E-state index in [1.807, 2.05) is 30.3 Å². The summed E-state index contributed by atoms with van der Waals surface area (Å²) in [6, 6.07) is 9.20. The third-order valence-electron chi connectivity index (χ3n) is 2.77. The molecule has 20 heavy (non-hydrogen) atoms. The fourth-order valence-corrected chi connectivity index (χ4v) is 1.72. The monoisotopic (exact) mass is 280 g/mol. The summed E-state index contributed by atoms with van der Waals surface area (Å²) in [5.41, 5.74) is 0.858. The summed E-state index contributed by atoms with van der Waals surface area (Å²) in [6.07, 6.45) is -1.11. The van der Waals surface area contributed by atoms with Gasteiger partial charge in [0, 0.05) is 6.42 Å². The molecule has 110 valence electrons. The van der Waals surface area contributed by atoms with Crippen LogP contribution in [0.1, 0.15) is 25.8 Å². The molecule has 0 bridgehead atoms. The number of benzene rings is 1. The largest absolute Gasteiger partial charge is 0.466 e. The van der Waals surface area contributed by atoms with Gasteiger partial charge in [0.1, 0.15) is 5.92 Å². The first-order valence-corrected chi connectivity index (χ1v) is 6.66. The number of hydrogen-bond donors (Lipinski definition) is 1. The van der Waals surface area contributed by atoms with Gasteiger partial charge in [-0.15, -0.1) is 0 Å². The predicted octanol–water partition coefficient (Wildman–Crippen LogP) is 1.68. The second-order valence-corrected chi connectivity index (χ2v) is 4.28. The molecule has 5 heteroatoms. The van der Waals surface area contributed by atoms with E-state index in [1.54, 1.807) is 13.8 Å². The van der Waals surface area contributed by atoms with Crippen LogP contribution in [-0.4, -0.2) is 29.9 Å². The van der Waals surface area contributed by atoms with Gasteiger partial charge in [0.2, 0.25) is 6.29 Å². The van der Waals surface area contributed by atoms with Crippen molar-refractivity contribution in [3.05, 3.63) is 35.9 Å². The van der Waals surface area contributed by atoms with E-state index >= 15 is 0 Å². The summed E-state index contributed by atoms with van der Waals surface area (Å²) in [6.45, 7) is 3.51. The second kappa shape index (κ2) is 8.32. The Hall–Kier alpha value is -1.88. The Morgan fingerprint density at radius 3 is 2.40 bits per heavy atom. The number of ether oxygens (including phenoxy) is 2. The minimum absolute atomic E-state index is 0.137. The summed E-state index contributed by atoms with van der Waals surface area (Å²) >= 11 is 0. The van der Waals surface area contributed by atoms with Crippen LogP contribution >= 0.6 is 0 Å². The predicted molar refractivity (Wildman–Crippen MR) is 72.7 cm³/mol. The average molecular weight is 280 g/mol. The van der Waals surface area contributed by atoms with Gasteiger partial charge >= 0.3 is 11.9 Å². The molecular weight excluding hydrogens is 260 g/mol. The van der Waals surface area contributed by atoms with Crippen molar-refractivity contribution < 1.29 is 24.2 Å². The molecule has 0 aliphatic rings. The fraction of sp³-hybridized carbons (Fsp3) is 0.467. The van der Waals surface area contributed by atoms with Crippen molar-refractivity contribution in [1.82, 2.24) is 0 Å². The lowest BCUT2D eigenvalue weighted by Crippen LogP contribution is -2.35. The Morgan fingerprint density at radius 1 is 1.20 bits per heavy atom. The molecule has 0 aliphatic carbocycles. The number of aliphatic hydroxyl groups excluding tert-OH is 1. The SMILES string of the molecule is CCOC(=O)C(Cc1ccccc1)C(O)OC(=O)CC. The molecule has 0 aliphatic heterocycles. The molecule has 0 heterocycles. The van der Waals surface area contributed by atoms with Gasteiger partial charge in [-0.1, -0.05) is 37.3 Å². The third-order valence-corrected chi connectivity index (χ3v) is 2.77. The normalized spacial score (nSPS) is 13.3. The molecule has 0 fully saturated rings. The van der Waals surface area contributed by atoms with Gasteiger partial charge in [-0.05, 0) is 18.9 Å². The molecule has 1 N–H and O–H groups in total. The van der Waals surface area contributed by atoms with E-state index in [4.69, 9.17) is 9.47 Å². The summed E-state index contributed by atoms with van der Waals surface area (Å²) in [5, 5.41) is 9.92. The van der Waals surface area contributed by atoms with Crippen molar-refractivity contribution >= 4 is 11.9 Å². The molecule has 0 amide bonds. The number of carbonyl (C=O) groups excluding carboxylic acids is 2. The topological polar surface area (TPSA) is 72.8 Å². The number of carbonyl (C=O) groups is 2. The maximum atomic E-state index is 11.9. The van der Waals surface area contributed by atoms with Crippen molar-refractivity contribution in [2.75, 3.05) is 6.61 Å². The highest BCUT2D eigenvalue weighted by Gasteiger charge is 2.31. The minimum atomic E-state index is -1.50. The van der Waals surface area contributed by atoms with E-state index in [1.165, 1.54) is 0 Å². The molecular formula is C15H20O5. The first-order valence-electron chi connectivity index (χ1n) is 6.66.